The number of rotatable bonds is 5. The first-order valence-corrected chi connectivity index (χ1v) is 6.51. The SMILES string of the molecule is CNC(C)c1ccc(OCc2ccccn2)c(C)c1. The van der Waals surface area contributed by atoms with Crippen LogP contribution in [0.25, 0.3) is 0 Å². The fourth-order valence-electron chi connectivity index (χ4n) is 1.91. The van der Waals surface area contributed by atoms with Gasteiger partial charge in [0.05, 0.1) is 5.69 Å². The van der Waals surface area contributed by atoms with Crippen LogP contribution in [0, 0.1) is 6.92 Å². The molecule has 3 heteroatoms. The standard InChI is InChI=1S/C16H20N2O/c1-12-10-14(13(2)17-3)7-8-16(12)19-11-15-6-4-5-9-18-15/h4-10,13,17H,11H2,1-3H3. The van der Waals surface area contributed by atoms with Gasteiger partial charge in [-0.3, -0.25) is 4.98 Å². The molecule has 1 aromatic heterocycles. The van der Waals surface area contributed by atoms with Gasteiger partial charge in [0, 0.05) is 12.2 Å². The molecule has 0 aliphatic heterocycles. The largest absolute Gasteiger partial charge is 0.487 e. The molecule has 0 saturated carbocycles. The van der Waals surface area contributed by atoms with Crippen LogP contribution >= 0.6 is 0 Å². The molecule has 0 radical (unpaired) electrons. The summed E-state index contributed by atoms with van der Waals surface area (Å²) in [6, 6.07) is 12.5. The molecule has 1 unspecified atom stereocenters. The normalized spacial score (nSPS) is 12.2. The summed E-state index contributed by atoms with van der Waals surface area (Å²) in [6.07, 6.45) is 1.78. The van der Waals surface area contributed by atoms with E-state index >= 15 is 0 Å². The number of hydrogen-bond donors (Lipinski definition) is 1. The third-order valence-corrected chi connectivity index (χ3v) is 3.23. The molecular formula is C16H20N2O. The maximum Gasteiger partial charge on any atom is 0.130 e. The van der Waals surface area contributed by atoms with Crippen molar-refractivity contribution >= 4 is 0 Å². The Morgan fingerprint density at radius 2 is 2.11 bits per heavy atom. The van der Waals surface area contributed by atoms with Gasteiger partial charge in [-0.15, -0.1) is 0 Å². The minimum atomic E-state index is 0.351. The molecule has 19 heavy (non-hydrogen) atoms. The lowest BCUT2D eigenvalue weighted by Crippen LogP contribution is -2.12. The van der Waals surface area contributed by atoms with Crippen molar-refractivity contribution in [3.63, 3.8) is 0 Å². The smallest absolute Gasteiger partial charge is 0.130 e. The molecule has 2 aromatic rings. The number of ether oxygens (including phenoxy) is 1. The van der Waals surface area contributed by atoms with E-state index in [1.54, 1.807) is 6.20 Å². The van der Waals surface area contributed by atoms with Crippen molar-refractivity contribution in [3.05, 3.63) is 59.4 Å². The van der Waals surface area contributed by atoms with Gasteiger partial charge < -0.3 is 10.1 Å². The number of nitrogens with zero attached hydrogens (tertiary/aromatic N) is 1. The van der Waals surface area contributed by atoms with Crippen molar-refractivity contribution in [2.75, 3.05) is 7.05 Å². The molecule has 3 nitrogen and oxygen atoms in total. The summed E-state index contributed by atoms with van der Waals surface area (Å²) in [4.78, 5) is 4.25. The van der Waals surface area contributed by atoms with Gasteiger partial charge in [0.2, 0.25) is 0 Å². The lowest BCUT2D eigenvalue weighted by Gasteiger charge is -2.14. The van der Waals surface area contributed by atoms with Crippen LogP contribution in [0.1, 0.15) is 29.8 Å². The van der Waals surface area contributed by atoms with Crippen LogP contribution in [0.5, 0.6) is 5.75 Å². The summed E-state index contributed by atoms with van der Waals surface area (Å²) in [5.74, 6) is 0.915. The molecule has 0 amide bonds. The maximum atomic E-state index is 5.81. The average molecular weight is 256 g/mol. The summed E-state index contributed by atoms with van der Waals surface area (Å²) in [7, 11) is 1.96. The molecule has 100 valence electrons. The highest BCUT2D eigenvalue weighted by molar-refractivity contribution is 5.37. The van der Waals surface area contributed by atoms with Crippen LogP contribution in [0.4, 0.5) is 0 Å². The molecule has 2 rings (SSSR count). The van der Waals surface area contributed by atoms with Gasteiger partial charge in [-0.1, -0.05) is 18.2 Å². The minimum Gasteiger partial charge on any atom is -0.487 e. The third-order valence-electron chi connectivity index (χ3n) is 3.23. The second-order valence-electron chi connectivity index (χ2n) is 4.65. The second-order valence-corrected chi connectivity index (χ2v) is 4.65. The number of aryl methyl sites for hydroxylation is 1. The highest BCUT2D eigenvalue weighted by Crippen LogP contribution is 2.23. The second kappa shape index (κ2) is 6.34. The monoisotopic (exact) mass is 256 g/mol. The first kappa shape index (κ1) is 13.6. The van der Waals surface area contributed by atoms with E-state index in [9.17, 15) is 0 Å². The van der Waals surface area contributed by atoms with Crippen molar-refractivity contribution in [2.45, 2.75) is 26.5 Å². The van der Waals surface area contributed by atoms with Gasteiger partial charge in [-0.25, -0.2) is 0 Å². The molecule has 1 aromatic carbocycles. The Labute approximate surface area is 114 Å². The van der Waals surface area contributed by atoms with Gasteiger partial charge >= 0.3 is 0 Å². The van der Waals surface area contributed by atoms with Gasteiger partial charge in [-0.05, 0) is 50.2 Å². The Hall–Kier alpha value is -1.87. The molecule has 1 N–H and O–H groups in total. The fraction of sp³-hybridized carbons (Fsp3) is 0.312. The maximum absolute atomic E-state index is 5.81. The van der Waals surface area contributed by atoms with E-state index in [2.05, 4.69) is 36.3 Å². The number of nitrogens with one attached hydrogen (secondary N) is 1. The quantitative estimate of drug-likeness (QED) is 0.891. The van der Waals surface area contributed by atoms with E-state index in [0.717, 1.165) is 17.0 Å². The van der Waals surface area contributed by atoms with E-state index in [0.29, 0.717) is 12.6 Å². The minimum absolute atomic E-state index is 0.351. The van der Waals surface area contributed by atoms with Gasteiger partial charge in [-0.2, -0.15) is 0 Å². The van der Waals surface area contributed by atoms with Gasteiger partial charge in [0.25, 0.3) is 0 Å². The van der Waals surface area contributed by atoms with Crippen molar-refractivity contribution in [1.82, 2.24) is 10.3 Å². The van der Waals surface area contributed by atoms with Crippen LogP contribution in [0.3, 0.4) is 0 Å². The first-order chi connectivity index (χ1) is 9.20. The zero-order valence-electron chi connectivity index (χ0n) is 11.7. The summed E-state index contributed by atoms with van der Waals surface area (Å²) < 4.78 is 5.81. The molecule has 0 spiro atoms. The van der Waals surface area contributed by atoms with Crippen molar-refractivity contribution in [3.8, 4) is 5.75 Å². The number of pyridine rings is 1. The highest BCUT2D eigenvalue weighted by atomic mass is 16.5. The van der Waals surface area contributed by atoms with Crippen LogP contribution < -0.4 is 10.1 Å². The van der Waals surface area contributed by atoms with E-state index < -0.39 is 0 Å². The Morgan fingerprint density at radius 1 is 1.26 bits per heavy atom. The Kier molecular flexibility index (Phi) is 4.53. The summed E-state index contributed by atoms with van der Waals surface area (Å²) >= 11 is 0. The zero-order valence-corrected chi connectivity index (χ0v) is 11.7. The molecule has 0 aliphatic carbocycles. The number of hydrogen-bond acceptors (Lipinski definition) is 3. The molecule has 0 fully saturated rings. The Balaban J connectivity index is 2.05. The van der Waals surface area contributed by atoms with Gasteiger partial charge in [0.1, 0.15) is 12.4 Å². The first-order valence-electron chi connectivity index (χ1n) is 6.51. The van der Waals surface area contributed by atoms with Crippen molar-refractivity contribution < 1.29 is 4.74 Å². The highest BCUT2D eigenvalue weighted by Gasteiger charge is 2.06. The van der Waals surface area contributed by atoms with Crippen molar-refractivity contribution in [1.29, 1.82) is 0 Å². The topological polar surface area (TPSA) is 34.1 Å². The lowest BCUT2D eigenvalue weighted by atomic mass is 10.1. The van der Waals surface area contributed by atoms with E-state index in [-0.39, 0.29) is 0 Å². The lowest BCUT2D eigenvalue weighted by molar-refractivity contribution is 0.299. The molecule has 1 atom stereocenters. The Bertz CT molecular complexity index is 526. The molecular weight excluding hydrogens is 236 g/mol. The predicted molar refractivity (Wildman–Crippen MR) is 77.2 cm³/mol. The molecule has 0 saturated heterocycles. The zero-order chi connectivity index (χ0) is 13.7. The number of aromatic nitrogens is 1. The van der Waals surface area contributed by atoms with Crippen LogP contribution in [0.2, 0.25) is 0 Å². The number of benzene rings is 1. The van der Waals surface area contributed by atoms with E-state index in [4.69, 9.17) is 4.74 Å². The van der Waals surface area contributed by atoms with Crippen LogP contribution in [-0.2, 0) is 6.61 Å². The average Bonchev–Trinajstić information content (AvgIpc) is 2.46. The summed E-state index contributed by atoms with van der Waals surface area (Å²) in [5.41, 5.74) is 3.36. The Morgan fingerprint density at radius 3 is 2.74 bits per heavy atom. The molecule has 0 aliphatic rings. The van der Waals surface area contributed by atoms with Crippen molar-refractivity contribution in [2.24, 2.45) is 0 Å². The van der Waals surface area contributed by atoms with E-state index in [1.165, 1.54) is 5.56 Å². The summed E-state index contributed by atoms with van der Waals surface area (Å²) in [5, 5.41) is 3.23. The van der Waals surface area contributed by atoms with Crippen LogP contribution in [-0.4, -0.2) is 12.0 Å². The summed E-state index contributed by atoms with van der Waals surface area (Å²) in [6.45, 7) is 4.71. The van der Waals surface area contributed by atoms with E-state index in [1.807, 2.05) is 31.3 Å². The van der Waals surface area contributed by atoms with Crippen LogP contribution in [0.15, 0.2) is 42.6 Å². The fourth-order valence-corrected chi connectivity index (χ4v) is 1.91. The van der Waals surface area contributed by atoms with Gasteiger partial charge in [0.15, 0.2) is 0 Å². The third kappa shape index (κ3) is 3.55. The molecule has 0 bridgehead atoms. The molecule has 1 heterocycles. The predicted octanol–water partition coefficient (Wildman–Crippen LogP) is 3.25.